The molecule has 0 aliphatic heterocycles. The Labute approximate surface area is 163 Å². The molecule has 1 N–H and O–H groups in total. The van der Waals surface area contributed by atoms with Crippen molar-refractivity contribution >= 4 is 10.0 Å². The van der Waals surface area contributed by atoms with Crippen molar-refractivity contribution in [3.8, 4) is 11.3 Å². The van der Waals surface area contributed by atoms with Gasteiger partial charge < -0.3 is 0 Å². The van der Waals surface area contributed by atoms with E-state index in [0.29, 0.717) is 11.7 Å². The third-order valence-corrected chi connectivity index (χ3v) is 6.38. The van der Waals surface area contributed by atoms with Crippen molar-refractivity contribution in [2.75, 3.05) is 0 Å². The van der Waals surface area contributed by atoms with Crippen molar-refractivity contribution in [1.29, 1.82) is 0 Å². The standard InChI is InChI=1S/C20H21FN4O2S/c21-16-4-3-7-19(12-16)28(26,27)23-14-17-13-20(15-8-10-22-11-9-15)25(24-17)18-5-1-2-6-18/h3-4,7-13,18,23H,1-2,5-6,14H2. The van der Waals surface area contributed by atoms with Gasteiger partial charge in [-0.25, -0.2) is 17.5 Å². The van der Waals surface area contributed by atoms with E-state index in [1.807, 2.05) is 22.9 Å². The fourth-order valence-electron chi connectivity index (χ4n) is 3.58. The molecule has 28 heavy (non-hydrogen) atoms. The molecule has 8 heteroatoms. The van der Waals surface area contributed by atoms with Gasteiger partial charge in [0.2, 0.25) is 10.0 Å². The van der Waals surface area contributed by atoms with E-state index in [1.54, 1.807) is 12.4 Å². The van der Waals surface area contributed by atoms with Gasteiger partial charge in [0.15, 0.2) is 0 Å². The highest BCUT2D eigenvalue weighted by Gasteiger charge is 2.23. The zero-order valence-corrected chi connectivity index (χ0v) is 16.1. The number of aromatic nitrogens is 3. The van der Waals surface area contributed by atoms with Crippen LogP contribution in [0.2, 0.25) is 0 Å². The Bertz CT molecular complexity index is 1060. The highest BCUT2D eigenvalue weighted by atomic mass is 32.2. The van der Waals surface area contributed by atoms with Crippen LogP contribution in [0.4, 0.5) is 4.39 Å². The molecule has 0 saturated heterocycles. The van der Waals surface area contributed by atoms with Crippen molar-refractivity contribution in [3.05, 3.63) is 66.4 Å². The normalized spacial score (nSPS) is 15.2. The number of halogens is 1. The highest BCUT2D eigenvalue weighted by molar-refractivity contribution is 7.89. The largest absolute Gasteiger partial charge is 0.265 e. The molecule has 2 aromatic heterocycles. The number of hydrogen-bond donors (Lipinski definition) is 1. The Morgan fingerprint density at radius 2 is 1.86 bits per heavy atom. The van der Waals surface area contributed by atoms with Gasteiger partial charge in [0.05, 0.1) is 28.9 Å². The Hall–Kier alpha value is -2.58. The molecule has 0 radical (unpaired) electrons. The minimum atomic E-state index is -3.82. The van der Waals surface area contributed by atoms with Crippen molar-refractivity contribution in [2.24, 2.45) is 0 Å². The predicted molar refractivity (Wildman–Crippen MR) is 103 cm³/mol. The molecule has 0 atom stereocenters. The lowest BCUT2D eigenvalue weighted by Gasteiger charge is -2.14. The van der Waals surface area contributed by atoms with Gasteiger partial charge in [0.1, 0.15) is 5.82 Å². The number of nitrogens with zero attached hydrogens (tertiary/aromatic N) is 3. The first-order valence-corrected chi connectivity index (χ1v) is 10.8. The number of nitrogens with one attached hydrogen (secondary N) is 1. The Balaban J connectivity index is 1.60. The molecule has 3 aromatic rings. The molecule has 1 aliphatic carbocycles. The average Bonchev–Trinajstić information content (AvgIpc) is 3.37. The van der Waals surface area contributed by atoms with E-state index in [2.05, 4.69) is 14.8 Å². The molecule has 1 saturated carbocycles. The van der Waals surface area contributed by atoms with Crippen molar-refractivity contribution in [2.45, 2.75) is 43.2 Å². The van der Waals surface area contributed by atoms with Crippen LogP contribution in [0.15, 0.2) is 59.8 Å². The summed E-state index contributed by atoms with van der Waals surface area (Å²) in [6.45, 7) is 0.0383. The summed E-state index contributed by atoms with van der Waals surface area (Å²) in [7, 11) is -3.82. The maximum Gasteiger partial charge on any atom is 0.241 e. The van der Waals surface area contributed by atoms with Crippen LogP contribution in [-0.2, 0) is 16.6 Å². The molecule has 0 unspecified atom stereocenters. The van der Waals surface area contributed by atoms with Gasteiger partial charge in [0.25, 0.3) is 0 Å². The molecular weight excluding hydrogens is 379 g/mol. The minimum absolute atomic E-state index is 0.0383. The first kappa shape index (κ1) is 18.8. The molecule has 0 amide bonds. The van der Waals surface area contributed by atoms with Gasteiger partial charge in [-0.15, -0.1) is 0 Å². The van der Waals surface area contributed by atoms with Crippen LogP contribution in [-0.4, -0.2) is 23.2 Å². The van der Waals surface area contributed by atoms with Gasteiger partial charge in [-0.05, 0) is 49.2 Å². The van der Waals surface area contributed by atoms with E-state index < -0.39 is 15.8 Å². The van der Waals surface area contributed by atoms with E-state index in [0.717, 1.165) is 30.2 Å². The second kappa shape index (κ2) is 7.81. The van der Waals surface area contributed by atoms with Gasteiger partial charge >= 0.3 is 0 Å². The molecule has 146 valence electrons. The monoisotopic (exact) mass is 400 g/mol. The lowest BCUT2D eigenvalue weighted by molar-refractivity contribution is 0.467. The first-order chi connectivity index (χ1) is 13.5. The van der Waals surface area contributed by atoms with Crippen molar-refractivity contribution < 1.29 is 12.8 Å². The van der Waals surface area contributed by atoms with E-state index in [1.165, 1.54) is 31.0 Å². The van der Waals surface area contributed by atoms with Gasteiger partial charge in [0, 0.05) is 18.0 Å². The number of rotatable bonds is 6. The van der Waals surface area contributed by atoms with E-state index in [4.69, 9.17) is 0 Å². The zero-order chi connectivity index (χ0) is 19.6. The smallest absolute Gasteiger partial charge is 0.241 e. The first-order valence-electron chi connectivity index (χ1n) is 9.27. The second-order valence-electron chi connectivity index (χ2n) is 6.92. The lowest BCUT2D eigenvalue weighted by atomic mass is 10.1. The highest BCUT2D eigenvalue weighted by Crippen LogP contribution is 2.33. The molecule has 0 bridgehead atoms. The third kappa shape index (κ3) is 3.98. The van der Waals surface area contributed by atoms with Crippen LogP contribution < -0.4 is 4.72 Å². The molecule has 4 rings (SSSR count). The summed E-state index contributed by atoms with van der Waals surface area (Å²) in [6, 6.07) is 11.0. The topological polar surface area (TPSA) is 76.9 Å². The van der Waals surface area contributed by atoms with Crippen molar-refractivity contribution in [3.63, 3.8) is 0 Å². The van der Waals surface area contributed by atoms with Crippen LogP contribution in [0.5, 0.6) is 0 Å². The Kier molecular flexibility index (Phi) is 5.23. The van der Waals surface area contributed by atoms with Crippen LogP contribution in [0.25, 0.3) is 11.3 Å². The summed E-state index contributed by atoms with van der Waals surface area (Å²) in [5.41, 5.74) is 2.57. The van der Waals surface area contributed by atoms with Crippen LogP contribution in [0.3, 0.4) is 0 Å². The maximum atomic E-state index is 13.4. The molecule has 2 heterocycles. The van der Waals surface area contributed by atoms with Gasteiger partial charge in [-0.2, -0.15) is 5.10 Å². The van der Waals surface area contributed by atoms with E-state index in [9.17, 15) is 12.8 Å². The molecule has 0 spiro atoms. The van der Waals surface area contributed by atoms with Crippen LogP contribution in [0.1, 0.15) is 37.4 Å². The third-order valence-electron chi connectivity index (χ3n) is 4.98. The molecule has 1 aromatic carbocycles. The summed E-state index contributed by atoms with van der Waals surface area (Å²) in [5, 5.41) is 4.68. The minimum Gasteiger partial charge on any atom is -0.265 e. The molecule has 6 nitrogen and oxygen atoms in total. The summed E-state index contributed by atoms with van der Waals surface area (Å²) in [5.74, 6) is -0.589. The zero-order valence-electron chi connectivity index (χ0n) is 15.3. The van der Waals surface area contributed by atoms with Crippen molar-refractivity contribution in [1.82, 2.24) is 19.5 Å². The predicted octanol–water partition coefficient (Wildman–Crippen LogP) is 3.68. The second-order valence-corrected chi connectivity index (χ2v) is 8.69. The summed E-state index contributed by atoms with van der Waals surface area (Å²) >= 11 is 0. The number of hydrogen-bond acceptors (Lipinski definition) is 4. The van der Waals surface area contributed by atoms with Crippen LogP contribution >= 0.6 is 0 Å². The molecule has 1 fully saturated rings. The molecular formula is C20H21FN4O2S. The number of pyridine rings is 1. The quantitative estimate of drug-likeness (QED) is 0.685. The van der Waals surface area contributed by atoms with Gasteiger partial charge in [-0.3, -0.25) is 9.67 Å². The van der Waals surface area contributed by atoms with E-state index in [-0.39, 0.29) is 11.4 Å². The summed E-state index contributed by atoms with van der Waals surface area (Å²) in [4.78, 5) is 3.96. The fraction of sp³-hybridized carbons (Fsp3) is 0.300. The summed E-state index contributed by atoms with van der Waals surface area (Å²) in [6.07, 6.45) is 7.92. The maximum absolute atomic E-state index is 13.4. The fourth-order valence-corrected chi connectivity index (χ4v) is 4.61. The Morgan fingerprint density at radius 3 is 2.57 bits per heavy atom. The number of sulfonamides is 1. The molecule has 1 aliphatic rings. The van der Waals surface area contributed by atoms with Crippen LogP contribution in [0, 0.1) is 5.82 Å². The Morgan fingerprint density at radius 1 is 1.11 bits per heavy atom. The average molecular weight is 400 g/mol. The van der Waals surface area contributed by atoms with E-state index >= 15 is 0 Å². The summed E-state index contributed by atoms with van der Waals surface area (Å²) < 4.78 is 42.8. The number of benzene rings is 1. The lowest BCUT2D eigenvalue weighted by Crippen LogP contribution is -2.23. The van der Waals surface area contributed by atoms with Gasteiger partial charge in [-0.1, -0.05) is 18.9 Å². The SMILES string of the molecule is O=S(=O)(NCc1cc(-c2ccncc2)n(C2CCCC2)n1)c1cccc(F)c1.